The minimum Gasteiger partial charge on any atom is -0.368 e. The molecule has 1 aromatic carbocycles. The number of hydrogen-bond donors (Lipinski definition) is 0. The summed E-state index contributed by atoms with van der Waals surface area (Å²) >= 11 is 0. The summed E-state index contributed by atoms with van der Waals surface area (Å²) in [5.41, 5.74) is 2.47. The molecule has 1 rings (SSSR count). The molecule has 0 aliphatic rings. The first-order valence-electron chi connectivity index (χ1n) is 6.07. The first-order chi connectivity index (χ1) is 7.33. The van der Waals surface area contributed by atoms with Gasteiger partial charge in [-0.1, -0.05) is 43.7 Å². The van der Waals surface area contributed by atoms with Gasteiger partial charge in [-0.05, 0) is 39.2 Å². The molecule has 0 aliphatic heterocycles. The molecule has 0 saturated carbocycles. The monoisotopic (exact) mass is 220 g/mol. The first-order valence-corrected chi connectivity index (χ1v) is 6.07. The van der Waals surface area contributed by atoms with Gasteiger partial charge in [-0.25, -0.2) is 0 Å². The molecule has 0 spiro atoms. The third kappa shape index (κ3) is 3.34. The molecule has 0 radical (unpaired) electrons. The summed E-state index contributed by atoms with van der Waals surface area (Å²) in [7, 11) is 0. The second-order valence-electron chi connectivity index (χ2n) is 5.43. The van der Waals surface area contributed by atoms with Gasteiger partial charge in [0.25, 0.3) is 0 Å². The SMILES string of the molecule is Cc1cccc(C(C)OC(C)(C)C(C)C)c1. The summed E-state index contributed by atoms with van der Waals surface area (Å²) in [6.45, 7) is 12.9. The Morgan fingerprint density at radius 2 is 1.75 bits per heavy atom. The fourth-order valence-electron chi connectivity index (χ4n) is 1.58. The summed E-state index contributed by atoms with van der Waals surface area (Å²) < 4.78 is 6.14. The van der Waals surface area contributed by atoms with E-state index < -0.39 is 0 Å². The van der Waals surface area contributed by atoms with Gasteiger partial charge in [-0.15, -0.1) is 0 Å². The van der Waals surface area contributed by atoms with Crippen molar-refractivity contribution in [2.24, 2.45) is 5.92 Å². The van der Waals surface area contributed by atoms with Crippen LogP contribution in [-0.4, -0.2) is 5.60 Å². The van der Waals surface area contributed by atoms with Gasteiger partial charge in [0.05, 0.1) is 11.7 Å². The molecule has 90 valence electrons. The third-order valence-corrected chi connectivity index (χ3v) is 3.38. The molecule has 0 bridgehead atoms. The molecule has 1 heteroatoms. The lowest BCUT2D eigenvalue weighted by Gasteiger charge is -2.33. The van der Waals surface area contributed by atoms with Crippen LogP contribution in [0.1, 0.15) is 51.8 Å². The van der Waals surface area contributed by atoms with Gasteiger partial charge in [-0.2, -0.15) is 0 Å². The van der Waals surface area contributed by atoms with Gasteiger partial charge in [0, 0.05) is 0 Å². The summed E-state index contributed by atoms with van der Waals surface area (Å²) in [5, 5.41) is 0. The highest BCUT2D eigenvalue weighted by atomic mass is 16.5. The quantitative estimate of drug-likeness (QED) is 0.725. The zero-order valence-corrected chi connectivity index (χ0v) is 11.4. The van der Waals surface area contributed by atoms with Gasteiger partial charge < -0.3 is 4.74 Å². The summed E-state index contributed by atoms with van der Waals surface area (Å²) in [6.07, 6.45) is 0.150. The lowest BCUT2D eigenvalue weighted by Crippen LogP contribution is -2.32. The summed E-state index contributed by atoms with van der Waals surface area (Å²) in [6, 6.07) is 8.53. The van der Waals surface area contributed by atoms with Gasteiger partial charge in [0.1, 0.15) is 0 Å². The van der Waals surface area contributed by atoms with E-state index in [0.29, 0.717) is 5.92 Å². The average Bonchev–Trinajstić information content (AvgIpc) is 2.16. The average molecular weight is 220 g/mol. The van der Waals surface area contributed by atoms with Gasteiger partial charge in [-0.3, -0.25) is 0 Å². The first kappa shape index (κ1) is 13.2. The molecule has 0 saturated heterocycles. The molecule has 0 fully saturated rings. The zero-order valence-electron chi connectivity index (χ0n) is 11.4. The van der Waals surface area contributed by atoms with Crippen molar-refractivity contribution in [3.63, 3.8) is 0 Å². The van der Waals surface area contributed by atoms with Crippen molar-refractivity contribution in [2.45, 2.75) is 53.2 Å². The fraction of sp³-hybridized carbons (Fsp3) is 0.600. The van der Waals surface area contributed by atoms with E-state index in [1.165, 1.54) is 11.1 Å². The van der Waals surface area contributed by atoms with Crippen molar-refractivity contribution in [1.82, 2.24) is 0 Å². The van der Waals surface area contributed by atoms with Crippen LogP contribution in [0.15, 0.2) is 24.3 Å². The van der Waals surface area contributed by atoms with Gasteiger partial charge in [0.15, 0.2) is 0 Å². The van der Waals surface area contributed by atoms with Crippen molar-refractivity contribution < 1.29 is 4.74 Å². The standard InChI is InChI=1S/C15H24O/c1-11(2)15(5,6)16-13(4)14-9-7-8-12(3)10-14/h7-11,13H,1-6H3. The molecular weight excluding hydrogens is 196 g/mol. The van der Waals surface area contributed by atoms with Gasteiger partial charge >= 0.3 is 0 Å². The molecule has 1 aromatic rings. The Bertz CT molecular complexity index is 339. The lowest BCUT2D eigenvalue weighted by molar-refractivity contribution is -0.0927. The third-order valence-electron chi connectivity index (χ3n) is 3.38. The number of rotatable bonds is 4. The second-order valence-corrected chi connectivity index (χ2v) is 5.43. The Hall–Kier alpha value is -0.820. The minimum absolute atomic E-state index is 0.0802. The number of benzene rings is 1. The second kappa shape index (κ2) is 5.01. The van der Waals surface area contributed by atoms with Crippen LogP contribution in [0.5, 0.6) is 0 Å². The molecule has 0 heterocycles. The predicted molar refractivity (Wildman–Crippen MR) is 69.6 cm³/mol. The molecule has 1 nitrogen and oxygen atoms in total. The zero-order chi connectivity index (χ0) is 12.3. The largest absolute Gasteiger partial charge is 0.368 e. The molecule has 1 atom stereocenters. The van der Waals surface area contributed by atoms with Crippen molar-refractivity contribution >= 4 is 0 Å². The van der Waals surface area contributed by atoms with E-state index in [-0.39, 0.29) is 11.7 Å². The van der Waals surface area contributed by atoms with E-state index in [1.54, 1.807) is 0 Å². The number of ether oxygens (including phenoxy) is 1. The van der Waals surface area contributed by atoms with E-state index in [9.17, 15) is 0 Å². The molecule has 16 heavy (non-hydrogen) atoms. The molecule has 0 aromatic heterocycles. The topological polar surface area (TPSA) is 9.23 Å². The number of aryl methyl sites for hydroxylation is 1. The minimum atomic E-state index is -0.0802. The smallest absolute Gasteiger partial charge is 0.0804 e. The highest BCUT2D eigenvalue weighted by Crippen LogP contribution is 2.29. The van der Waals surface area contributed by atoms with Crippen LogP contribution in [-0.2, 0) is 4.74 Å². The molecular formula is C15H24O. The van der Waals surface area contributed by atoms with Crippen LogP contribution < -0.4 is 0 Å². The van der Waals surface area contributed by atoms with E-state index in [2.05, 4.69) is 65.8 Å². The van der Waals surface area contributed by atoms with Crippen LogP contribution in [0.3, 0.4) is 0 Å². The van der Waals surface area contributed by atoms with Crippen molar-refractivity contribution in [2.75, 3.05) is 0 Å². The maximum absolute atomic E-state index is 6.14. The Morgan fingerprint density at radius 3 is 2.25 bits per heavy atom. The highest BCUT2D eigenvalue weighted by Gasteiger charge is 2.25. The van der Waals surface area contributed by atoms with E-state index in [4.69, 9.17) is 4.74 Å². The summed E-state index contributed by atoms with van der Waals surface area (Å²) in [4.78, 5) is 0. The van der Waals surface area contributed by atoms with Crippen molar-refractivity contribution in [3.8, 4) is 0 Å². The molecule has 0 N–H and O–H groups in total. The molecule has 1 unspecified atom stereocenters. The van der Waals surface area contributed by atoms with Crippen LogP contribution in [0.4, 0.5) is 0 Å². The Morgan fingerprint density at radius 1 is 1.12 bits per heavy atom. The maximum Gasteiger partial charge on any atom is 0.0804 e. The van der Waals surface area contributed by atoms with Crippen LogP contribution in [0.25, 0.3) is 0 Å². The van der Waals surface area contributed by atoms with E-state index in [1.807, 2.05) is 0 Å². The fourth-order valence-corrected chi connectivity index (χ4v) is 1.58. The van der Waals surface area contributed by atoms with E-state index >= 15 is 0 Å². The van der Waals surface area contributed by atoms with Gasteiger partial charge in [0.2, 0.25) is 0 Å². The maximum atomic E-state index is 6.14. The lowest BCUT2D eigenvalue weighted by atomic mass is 9.94. The van der Waals surface area contributed by atoms with Crippen LogP contribution in [0, 0.1) is 12.8 Å². The Labute approximate surface area is 99.8 Å². The summed E-state index contributed by atoms with van der Waals surface area (Å²) in [5.74, 6) is 0.514. The predicted octanol–water partition coefficient (Wildman–Crippen LogP) is 4.51. The van der Waals surface area contributed by atoms with Crippen molar-refractivity contribution in [3.05, 3.63) is 35.4 Å². The van der Waals surface area contributed by atoms with Crippen LogP contribution >= 0.6 is 0 Å². The van der Waals surface area contributed by atoms with E-state index in [0.717, 1.165) is 0 Å². The molecule has 0 amide bonds. The highest BCUT2D eigenvalue weighted by molar-refractivity contribution is 5.23. The Balaban J connectivity index is 2.76. The Kier molecular flexibility index (Phi) is 4.15. The number of hydrogen-bond acceptors (Lipinski definition) is 1. The van der Waals surface area contributed by atoms with Crippen LogP contribution in [0.2, 0.25) is 0 Å². The normalized spacial score (nSPS) is 14.2. The molecule has 0 aliphatic carbocycles. The van der Waals surface area contributed by atoms with Crippen molar-refractivity contribution in [1.29, 1.82) is 0 Å².